The molecule has 0 aliphatic heterocycles. The number of thiazole rings is 2. The lowest BCUT2D eigenvalue weighted by molar-refractivity contribution is 1.26. The summed E-state index contributed by atoms with van der Waals surface area (Å²) in [4.78, 5) is 17.6. The first kappa shape index (κ1) is 14.7. The quantitative estimate of drug-likeness (QED) is 0.549. The molecule has 0 radical (unpaired) electrons. The van der Waals surface area contributed by atoms with Crippen molar-refractivity contribution < 1.29 is 0 Å². The van der Waals surface area contributed by atoms with Crippen molar-refractivity contribution in [1.29, 1.82) is 0 Å². The highest BCUT2D eigenvalue weighted by Gasteiger charge is 2.10. The van der Waals surface area contributed by atoms with E-state index in [-0.39, 0.29) is 0 Å². The third kappa shape index (κ3) is 3.39. The Bertz CT molecular complexity index is 842. The summed E-state index contributed by atoms with van der Waals surface area (Å²) in [6.45, 7) is 0. The van der Waals surface area contributed by atoms with Crippen molar-refractivity contribution in [3.63, 3.8) is 0 Å². The van der Waals surface area contributed by atoms with Gasteiger partial charge in [0.15, 0.2) is 10.3 Å². The largest absolute Gasteiger partial charge is 0.316 e. The van der Waals surface area contributed by atoms with E-state index in [1.807, 2.05) is 47.2 Å². The minimum absolute atomic E-state index is 0.772. The number of nitrogens with one attached hydrogen (secondary N) is 2. The van der Waals surface area contributed by atoms with Crippen molar-refractivity contribution in [1.82, 2.24) is 19.9 Å². The molecule has 0 amide bonds. The zero-order chi connectivity index (χ0) is 16.2. The Morgan fingerprint density at radius 2 is 1.17 bits per heavy atom. The van der Waals surface area contributed by atoms with E-state index in [4.69, 9.17) is 0 Å². The van der Waals surface area contributed by atoms with Gasteiger partial charge in [-0.05, 0) is 24.3 Å². The van der Waals surface area contributed by atoms with Crippen LogP contribution in [0.1, 0.15) is 0 Å². The van der Waals surface area contributed by atoms with Crippen LogP contribution in [0.4, 0.5) is 21.9 Å². The molecule has 6 nitrogen and oxygen atoms in total. The van der Waals surface area contributed by atoms with E-state index in [1.54, 1.807) is 12.4 Å². The summed E-state index contributed by atoms with van der Waals surface area (Å²) in [5, 5.41) is 11.9. The monoisotopic (exact) mass is 352 g/mol. The molecular formula is C16H12N6S2. The molecule has 0 aromatic carbocycles. The van der Waals surface area contributed by atoms with Gasteiger partial charge in [-0.3, -0.25) is 0 Å². The minimum atomic E-state index is 0.772. The van der Waals surface area contributed by atoms with Crippen LogP contribution in [0.3, 0.4) is 0 Å². The lowest BCUT2D eigenvalue weighted by atomic mass is 10.4. The Kier molecular flexibility index (Phi) is 4.13. The molecule has 0 aliphatic rings. The molecule has 0 saturated carbocycles. The second-order valence-corrected chi connectivity index (χ2v) is 6.47. The third-order valence-electron chi connectivity index (χ3n) is 3.07. The van der Waals surface area contributed by atoms with Crippen molar-refractivity contribution in [3.8, 4) is 11.4 Å². The molecule has 0 saturated heterocycles. The molecule has 4 heterocycles. The van der Waals surface area contributed by atoms with E-state index in [0.717, 1.165) is 33.3 Å². The highest BCUT2D eigenvalue weighted by molar-refractivity contribution is 7.14. The Balaban J connectivity index is 1.49. The molecule has 118 valence electrons. The first-order chi connectivity index (χ1) is 11.9. The van der Waals surface area contributed by atoms with Crippen molar-refractivity contribution in [2.75, 3.05) is 10.6 Å². The molecule has 8 heteroatoms. The molecule has 0 spiro atoms. The summed E-state index contributed by atoms with van der Waals surface area (Å²) in [6, 6.07) is 11.4. The molecule has 24 heavy (non-hydrogen) atoms. The third-order valence-corrected chi connectivity index (χ3v) is 4.59. The molecule has 4 aromatic rings. The average Bonchev–Trinajstić information content (AvgIpc) is 3.26. The van der Waals surface area contributed by atoms with Crippen LogP contribution in [0.2, 0.25) is 0 Å². The van der Waals surface area contributed by atoms with Gasteiger partial charge in [-0.15, -0.1) is 22.7 Å². The van der Waals surface area contributed by atoms with E-state index in [2.05, 4.69) is 30.6 Å². The predicted molar refractivity (Wildman–Crippen MR) is 98.3 cm³/mol. The zero-order valence-corrected chi connectivity index (χ0v) is 14.0. The Labute approximate surface area is 146 Å². The molecule has 0 aliphatic carbocycles. The highest BCUT2D eigenvalue weighted by Crippen LogP contribution is 2.29. The van der Waals surface area contributed by atoms with Crippen LogP contribution in [0, 0.1) is 0 Å². The fourth-order valence-electron chi connectivity index (χ4n) is 1.99. The smallest absolute Gasteiger partial charge is 0.188 e. The first-order valence-electron chi connectivity index (χ1n) is 7.14. The Morgan fingerprint density at radius 3 is 1.58 bits per heavy atom. The van der Waals surface area contributed by atoms with Gasteiger partial charge in [0.25, 0.3) is 0 Å². The van der Waals surface area contributed by atoms with Crippen LogP contribution < -0.4 is 10.6 Å². The Morgan fingerprint density at radius 1 is 0.667 bits per heavy atom. The molecule has 0 fully saturated rings. The van der Waals surface area contributed by atoms with E-state index in [1.165, 1.54) is 22.7 Å². The SMILES string of the molecule is c1ccc(Nc2nc(-c3csc(Nc4ccccn4)n3)cs2)nc1. The fourth-order valence-corrected chi connectivity index (χ4v) is 3.41. The number of hydrogen-bond acceptors (Lipinski definition) is 8. The summed E-state index contributed by atoms with van der Waals surface area (Å²) < 4.78 is 0. The van der Waals surface area contributed by atoms with Gasteiger partial charge in [-0.25, -0.2) is 19.9 Å². The summed E-state index contributed by atoms with van der Waals surface area (Å²) >= 11 is 3.04. The lowest BCUT2D eigenvalue weighted by Crippen LogP contribution is -1.92. The summed E-state index contributed by atoms with van der Waals surface area (Å²) in [5.41, 5.74) is 1.67. The van der Waals surface area contributed by atoms with Gasteiger partial charge >= 0.3 is 0 Å². The predicted octanol–water partition coefficient (Wildman–Crippen LogP) is 4.54. The highest BCUT2D eigenvalue weighted by atomic mass is 32.1. The summed E-state index contributed by atoms with van der Waals surface area (Å²) in [7, 11) is 0. The fraction of sp³-hybridized carbons (Fsp3) is 0. The standard InChI is InChI=1S/C16H12N6S2/c1-3-7-17-13(5-1)21-15-19-11(9-23-15)12-10-24-16(20-12)22-14-6-2-4-8-18-14/h1-10H,(H,17,19,21)(H,18,20,22). The molecule has 4 aromatic heterocycles. The number of anilines is 4. The van der Waals surface area contributed by atoms with Gasteiger partial charge in [-0.1, -0.05) is 12.1 Å². The normalized spacial score (nSPS) is 10.5. The maximum absolute atomic E-state index is 4.56. The second kappa shape index (κ2) is 6.73. The summed E-state index contributed by atoms with van der Waals surface area (Å²) in [5.74, 6) is 1.54. The topological polar surface area (TPSA) is 75.6 Å². The average molecular weight is 352 g/mol. The molecular weight excluding hydrogens is 340 g/mol. The number of pyridine rings is 2. The maximum Gasteiger partial charge on any atom is 0.188 e. The van der Waals surface area contributed by atoms with Crippen LogP contribution in [-0.4, -0.2) is 19.9 Å². The number of nitrogens with zero attached hydrogens (tertiary/aromatic N) is 4. The van der Waals surface area contributed by atoms with Crippen molar-refractivity contribution in [3.05, 3.63) is 59.6 Å². The van der Waals surface area contributed by atoms with Crippen molar-refractivity contribution in [2.45, 2.75) is 0 Å². The maximum atomic E-state index is 4.56. The van der Waals surface area contributed by atoms with E-state index >= 15 is 0 Å². The van der Waals surface area contributed by atoms with Gasteiger partial charge in [0.05, 0.1) is 0 Å². The Hall–Kier alpha value is -2.84. The molecule has 0 unspecified atom stereocenters. The van der Waals surface area contributed by atoms with Gasteiger partial charge < -0.3 is 10.6 Å². The van der Waals surface area contributed by atoms with Gasteiger partial charge in [0.2, 0.25) is 0 Å². The zero-order valence-electron chi connectivity index (χ0n) is 12.4. The number of rotatable bonds is 5. The van der Waals surface area contributed by atoms with Crippen LogP contribution in [0.15, 0.2) is 59.6 Å². The van der Waals surface area contributed by atoms with Crippen molar-refractivity contribution in [2.24, 2.45) is 0 Å². The van der Waals surface area contributed by atoms with Gasteiger partial charge in [0.1, 0.15) is 23.0 Å². The van der Waals surface area contributed by atoms with Crippen molar-refractivity contribution >= 4 is 44.6 Å². The minimum Gasteiger partial charge on any atom is -0.316 e. The lowest BCUT2D eigenvalue weighted by Gasteiger charge is -1.99. The number of aromatic nitrogens is 4. The van der Waals surface area contributed by atoms with Gasteiger partial charge in [-0.2, -0.15) is 0 Å². The van der Waals surface area contributed by atoms with E-state index in [9.17, 15) is 0 Å². The first-order valence-corrected chi connectivity index (χ1v) is 8.90. The second-order valence-electron chi connectivity index (χ2n) is 4.76. The molecule has 4 rings (SSSR count). The molecule has 0 bridgehead atoms. The van der Waals surface area contributed by atoms with Crippen LogP contribution in [0.25, 0.3) is 11.4 Å². The molecule has 2 N–H and O–H groups in total. The van der Waals surface area contributed by atoms with E-state index in [0.29, 0.717) is 0 Å². The van der Waals surface area contributed by atoms with Crippen LogP contribution in [-0.2, 0) is 0 Å². The van der Waals surface area contributed by atoms with E-state index < -0.39 is 0 Å². The van der Waals surface area contributed by atoms with Crippen LogP contribution >= 0.6 is 22.7 Å². The van der Waals surface area contributed by atoms with Crippen LogP contribution in [0.5, 0.6) is 0 Å². The molecule has 0 atom stereocenters. The summed E-state index contributed by atoms with van der Waals surface area (Å²) in [6.07, 6.45) is 3.49. The van der Waals surface area contributed by atoms with Gasteiger partial charge in [0, 0.05) is 23.2 Å². The number of hydrogen-bond donors (Lipinski definition) is 2.